The molecule has 0 aliphatic rings. The van der Waals surface area contributed by atoms with E-state index >= 15 is 0 Å². The van der Waals surface area contributed by atoms with Gasteiger partial charge in [-0.3, -0.25) is 0 Å². The van der Waals surface area contributed by atoms with Crippen molar-refractivity contribution >= 4 is 217 Å². The fourth-order valence-corrected chi connectivity index (χ4v) is 23.1. The third-order valence-electron chi connectivity index (χ3n) is 28.3. The first-order valence-corrected chi connectivity index (χ1v) is 43.7. The quantitative estimate of drug-likeness (QED) is 0.136. The maximum Gasteiger partial charge on any atom is 0.0548 e. The molecular weight excluding hydrogens is 1530 g/mol. The monoisotopic (exact) mass is 1590 g/mol. The van der Waals surface area contributed by atoms with Gasteiger partial charge in [-0.05, 0) is 231 Å². The lowest BCUT2D eigenvalue weighted by atomic mass is 9.90. The highest BCUT2D eigenvalue weighted by Crippen LogP contribution is 2.53. The van der Waals surface area contributed by atoms with Crippen molar-refractivity contribution in [3.63, 3.8) is 0 Å². The average Bonchev–Trinajstić information content (AvgIpc) is 1.54. The van der Waals surface area contributed by atoms with Crippen molar-refractivity contribution in [1.29, 1.82) is 0 Å². The van der Waals surface area contributed by atoms with Crippen molar-refractivity contribution in [2.75, 3.05) is 0 Å². The fraction of sp³-hybridized carbons (Fsp3) is 0. The van der Waals surface area contributed by atoms with Crippen molar-refractivity contribution in [3.05, 3.63) is 425 Å². The van der Waals surface area contributed by atoms with E-state index in [2.05, 4.69) is 452 Å². The van der Waals surface area contributed by atoms with E-state index in [-0.39, 0.29) is 0 Å². The van der Waals surface area contributed by atoms with E-state index < -0.39 is 0 Å². The van der Waals surface area contributed by atoms with Crippen molar-refractivity contribution in [2.24, 2.45) is 0 Å². The SMILES string of the molecule is c1ccc(-n2c3ccccc3c3cc(-n4c5cccc6ccc7c(-c8ccc9c%10c8ccc8cccc(c8%10)n9-c8ccc9c(c8)c8ccccc8n9-c8ccccc8)ccc4c7c65)ccc32)cc1.c1ccc2c(c1)cc(-n1c3cccc4ccc5c(-c6ccc7c8c6ccc6cccc(c68)n7-c6cc7ccccc7c7ccccc67)ccc1c5c43)c1ccccc12. The van der Waals surface area contributed by atoms with Gasteiger partial charge in [0, 0.05) is 98.2 Å². The van der Waals surface area contributed by atoms with Crippen molar-refractivity contribution < 1.29 is 0 Å². The molecule has 30 rings (SSSR count). The fourth-order valence-electron chi connectivity index (χ4n) is 23.1. The maximum atomic E-state index is 2.52. The zero-order valence-corrected chi connectivity index (χ0v) is 68.1. The molecule has 0 bridgehead atoms. The molecule has 0 aliphatic carbocycles. The third-order valence-corrected chi connectivity index (χ3v) is 28.3. The van der Waals surface area contributed by atoms with Gasteiger partial charge in [0.1, 0.15) is 0 Å². The summed E-state index contributed by atoms with van der Waals surface area (Å²) >= 11 is 0. The molecule has 24 aromatic carbocycles. The van der Waals surface area contributed by atoms with Crippen molar-refractivity contribution in [2.45, 2.75) is 0 Å². The van der Waals surface area contributed by atoms with Gasteiger partial charge in [-0.25, -0.2) is 0 Å². The van der Waals surface area contributed by atoms with Gasteiger partial charge in [-0.15, -0.1) is 0 Å². The predicted octanol–water partition coefficient (Wildman–Crippen LogP) is 32.3. The Labute approximate surface area is 720 Å². The molecule has 0 radical (unpaired) electrons. The van der Waals surface area contributed by atoms with E-state index in [9.17, 15) is 0 Å². The summed E-state index contributed by atoms with van der Waals surface area (Å²) in [5.74, 6) is 0. The van der Waals surface area contributed by atoms with E-state index in [1.807, 2.05) is 0 Å². The molecule has 0 N–H and O–H groups in total. The molecular formula is C120H70N6. The minimum Gasteiger partial charge on any atom is -0.309 e. The molecule has 0 saturated heterocycles. The van der Waals surface area contributed by atoms with Crippen LogP contribution in [0.2, 0.25) is 0 Å². The van der Waals surface area contributed by atoms with Crippen LogP contribution in [0.3, 0.4) is 0 Å². The third kappa shape index (κ3) is 9.17. The molecule has 6 nitrogen and oxygen atoms in total. The van der Waals surface area contributed by atoms with E-state index in [1.165, 1.54) is 262 Å². The lowest BCUT2D eigenvalue weighted by molar-refractivity contribution is 1.17. The van der Waals surface area contributed by atoms with Crippen LogP contribution < -0.4 is 0 Å². The number of fused-ring (bicyclic) bond motifs is 12. The Morgan fingerprint density at radius 1 is 0.111 bits per heavy atom. The second-order valence-electron chi connectivity index (χ2n) is 34.4. The van der Waals surface area contributed by atoms with Gasteiger partial charge < -0.3 is 27.4 Å². The van der Waals surface area contributed by atoms with Crippen LogP contribution in [0.15, 0.2) is 425 Å². The van der Waals surface area contributed by atoms with Crippen LogP contribution in [0.5, 0.6) is 0 Å². The van der Waals surface area contributed by atoms with E-state index in [0.29, 0.717) is 0 Å². The Kier molecular flexibility index (Phi) is 13.7. The molecule has 0 atom stereocenters. The number of aromatic nitrogens is 6. The molecule has 0 spiro atoms. The Balaban J connectivity index is 0.000000127. The summed E-state index contributed by atoms with van der Waals surface area (Å²) in [7, 11) is 0. The summed E-state index contributed by atoms with van der Waals surface area (Å²) in [5, 5.41) is 35.8. The minimum absolute atomic E-state index is 1.16. The first kappa shape index (κ1) is 67.9. The zero-order valence-electron chi connectivity index (χ0n) is 68.1. The standard InChI is InChI=1S/C64H38N4.C56H32N2/c1-3-15-41(16-4-1)65-53-21-9-7-19-47(53)51-37-43(27-33-55(51)65)67-57-23-11-13-39-25-29-49-45(31-35-59(67)63(49)61(39)57)46-32-36-60-64-50(46)30-26-40-14-12-24-58(62(40)64)68(60)44-28-34-56-52(38-44)48-20-8-10-22-54(48)66(56)42-17-5-2-6-18-42;1-3-15-37-35(11-1)31-51(43-19-7-5-17-39(37)43)57-47-21-9-13-33-23-25-45-41(27-29-49(57)55(45)53(33)47)42-28-30-50-56-46(42)26-24-34-14-10-22-48(54(34)56)58(50)52-32-36-12-2-4-16-38(36)40-18-6-8-20-44(40)52/h1-38H;1-32H. The Hall–Kier alpha value is -16.8. The Morgan fingerprint density at radius 2 is 0.365 bits per heavy atom. The summed E-state index contributed by atoms with van der Waals surface area (Å²) in [6.45, 7) is 0. The highest BCUT2D eigenvalue weighted by molar-refractivity contribution is 6.34. The normalized spacial score (nSPS) is 12.4. The summed E-state index contributed by atoms with van der Waals surface area (Å²) in [5.41, 5.74) is 26.8. The number of benzene rings is 24. The molecule has 0 aliphatic heterocycles. The summed E-state index contributed by atoms with van der Waals surface area (Å²) in [6, 6.07) is 158. The summed E-state index contributed by atoms with van der Waals surface area (Å²) < 4.78 is 14.8. The second-order valence-corrected chi connectivity index (χ2v) is 34.4. The zero-order chi connectivity index (χ0) is 81.8. The number of para-hydroxylation sites is 4. The van der Waals surface area contributed by atoms with Gasteiger partial charge in [0.05, 0.1) is 77.6 Å². The summed E-state index contributed by atoms with van der Waals surface area (Å²) in [6.07, 6.45) is 0. The number of nitrogens with zero attached hydrogens (tertiary/aromatic N) is 6. The molecule has 126 heavy (non-hydrogen) atoms. The van der Waals surface area contributed by atoms with Crippen LogP contribution in [0.4, 0.5) is 0 Å². The van der Waals surface area contributed by atoms with E-state index in [4.69, 9.17) is 0 Å². The number of hydrogen-bond donors (Lipinski definition) is 0. The number of hydrogen-bond acceptors (Lipinski definition) is 0. The molecule has 580 valence electrons. The van der Waals surface area contributed by atoms with Crippen LogP contribution >= 0.6 is 0 Å². The lowest BCUT2D eigenvalue weighted by Gasteiger charge is -2.15. The molecule has 0 saturated carbocycles. The maximum absolute atomic E-state index is 2.52. The minimum atomic E-state index is 1.16. The van der Waals surface area contributed by atoms with Crippen LogP contribution in [0.25, 0.3) is 273 Å². The first-order valence-electron chi connectivity index (χ1n) is 43.7. The molecule has 6 heterocycles. The van der Waals surface area contributed by atoms with Crippen LogP contribution in [0.1, 0.15) is 0 Å². The van der Waals surface area contributed by atoms with Gasteiger partial charge in [-0.1, -0.05) is 291 Å². The van der Waals surface area contributed by atoms with Gasteiger partial charge in [0.2, 0.25) is 0 Å². The van der Waals surface area contributed by atoms with Crippen LogP contribution in [-0.4, -0.2) is 27.4 Å². The Morgan fingerprint density at radius 3 is 0.730 bits per heavy atom. The molecule has 30 aromatic rings. The largest absolute Gasteiger partial charge is 0.309 e. The second kappa shape index (κ2) is 25.4. The first-order chi connectivity index (χ1) is 62.6. The highest BCUT2D eigenvalue weighted by atomic mass is 15.0. The smallest absolute Gasteiger partial charge is 0.0548 e. The lowest BCUT2D eigenvalue weighted by Crippen LogP contribution is -1.96. The van der Waals surface area contributed by atoms with Gasteiger partial charge in [-0.2, -0.15) is 0 Å². The van der Waals surface area contributed by atoms with Crippen LogP contribution in [-0.2, 0) is 0 Å². The van der Waals surface area contributed by atoms with E-state index in [0.717, 1.165) is 11.4 Å². The molecule has 6 aromatic heterocycles. The van der Waals surface area contributed by atoms with Gasteiger partial charge in [0.25, 0.3) is 0 Å². The van der Waals surface area contributed by atoms with E-state index in [1.54, 1.807) is 0 Å². The van der Waals surface area contributed by atoms with Gasteiger partial charge in [0.15, 0.2) is 0 Å². The Bertz CT molecular complexity index is 9300. The number of rotatable bonds is 8. The highest BCUT2D eigenvalue weighted by Gasteiger charge is 2.29. The van der Waals surface area contributed by atoms with Crippen molar-refractivity contribution in [1.82, 2.24) is 27.4 Å². The molecule has 0 unspecified atom stereocenters. The van der Waals surface area contributed by atoms with Gasteiger partial charge >= 0.3 is 0 Å². The molecule has 0 amide bonds. The molecule has 0 fully saturated rings. The predicted molar refractivity (Wildman–Crippen MR) is 535 cm³/mol. The van der Waals surface area contributed by atoms with Crippen LogP contribution in [0, 0.1) is 0 Å². The molecule has 6 heteroatoms. The topological polar surface area (TPSA) is 29.6 Å². The summed E-state index contributed by atoms with van der Waals surface area (Å²) in [4.78, 5) is 0. The van der Waals surface area contributed by atoms with Crippen molar-refractivity contribution in [3.8, 4) is 56.4 Å². The average molecular weight is 1600 g/mol.